The Kier molecular flexibility index (Phi) is 4.79. The van der Waals surface area contributed by atoms with E-state index >= 15 is 0 Å². The van der Waals surface area contributed by atoms with Crippen molar-refractivity contribution in [2.24, 2.45) is 11.8 Å². The number of hydrogen-bond acceptors (Lipinski definition) is 3. The third-order valence-corrected chi connectivity index (χ3v) is 5.15. The van der Waals surface area contributed by atoms with Crippen molar-refractivity contribution in [2.45, 2.75) is 58.5 Å². The number of fused-ring (bicyclic) bond motifs is 1. The zero-order valence-corrected chi connectivity index (χ0v) is 13.5. The topological polar surface area (TPSA) is 28.2 Å². The van der Waals surface area contributed by atoms with Crippen molar-refractivity contribution in [3.05, 3.63) is 24.0 Å². The van der Waals surface area contributed by atoms with Gasteiger partial charge in [0, 0.05) is 37.6 Å². The van der Waals surface area contributed by atoms with E-state index in [0.29, 0.717) is 6.04 Å². The van der Waals surface area contributed by atoms with E-state index < -0.39 is 0 Å². The lowest BCUT2D eigenvalue weighted by molar-refractivity contribution is 0.202. The van der Waals surface area contributed by atoms with Crippen LogP contribution in [-0.2, 0) is 6.54 Å². The minimum Gasteiger partial charge on any atom is -0.371 e. The van der Waals surface area contributed by atoms with Crippen LogP contribution in [0.4, 0.5) is 5.69 Å². The van der Waals surface area contributed by atoms with Gasteiger partial charge in [0.2, 0.25) is 0 Å². The SMILES string of the molecule is CC(C)NCc1cc(N2CCC3CCCCC3C2)ccn1. The molecule has 2 heterocycles. The number of anilines is 1. The molecule has 3 nitrogen and oxygen atoms in total. The molecule has 0 bridgehead atoms. The van der Waals surface area contributed by atoms with Crippen LogP contribution < -0.4 is 10.2 Å². The van der Waals surface area contributed by atoms with Crippen molar-refractivity contribution < 1.29 is 0 Å². The molecular formula is C18H29N3. The van der Waals surface area contributed by atoms with E-state index in [4.69, 9.17) is 0 Å². The molecule has 2 aliphatic rings. The van der Waals surface area contributed by atoms with Gasteiger partial charge < -0.3 is 10.2 Å². The number of piperidine rings is 1. The molecule has 1 saturated carbocycles. The van der Waals surface area contributed by atoms with Crippen LogP contribution in [0.25, 0.3) is 0 Å². The summed E-state index contributed by atoms with van der Waals surface area (Å²) in [4.78, 5) is 7.09. The minimum atomic E-state index is 0.508. The lowest BCUT2D eigenvalue weighted by Crippen LogP contribution is -2.41. The standard InChI is InChI=1S/C18H29N3/c1-14(2)20-12-17-11-18(7-9-19-17)21-10-8-15-5-3-4-6-16(15)13-21/h7,9,11,14-16,20H,3-6,8,10,12-13H2,1-2H3. The number of aromatic nitrogens is 1. The fourth-order valence-electron chi connectivity index (χ4n) is 3.90. The van der Waals surface area contributed by atoms with Crippen LogP contribution >= 0.6 is 0 Å². The summed E-state index contributed by atoms with van der Waals surface area (Å²) < 4.78 is 0. The van der Waals surface area contributed by atoms with E-state index in [-0.39, 0.29) is 0 Å². The molecule has 3 heteroatoms. The van der Waals surface area contributed by atoms with Crippen LogP contribution in [-0.4, -0.2) is 24.1 Å². The minimum absolute atomic E-state index is 0.508. The van der Waals surface area contributed by atoms with Crippen molar-refractivity contribution in [2.75, 3.05) is 18.0 Å². The summed E-state index contributed by atoms with van der Waals surface area (Å²) in [5.74, 6) is 1.93. The van der Waals surface area contributed by atoms with Crippen LogP contribution in [0.2, 0.25) is 0 Å². The Labute approximate surface area is 129 Å². The van der Waals surface area contributed by atoms with Gasteiger partial charge in [0.1, 0.15) is 0 Å². The monoisotopic (exact) mass is 287 g/mol. The highest BCUT2D eigenvalue weighted by atomic mass is 15.1. The second-order valence-electron chi connectivity index (χ2n) is 7.08. The van der Waals surface area contributed by atoms with Gasteiger partial charge in [-0.15, -0.1) is 0 Å². The van der Waals surface area contributed by atoms with E-state index in [2.05, 4.69) is 41.2 Å². The molecule has 0 aromatic carbocycles. The summed E-state index contributed by atoms with van der Waals surface area (Å²) in [5.41, 5.74) is 2.53. The van der Waals surface area contributed by atoms with Crippen molar-refractivity contribution in [3.8, 4) is 0 Å². The molecule has 1 saturated heterocycles. The molecule has 1 aliphatic heterocycles. The maximum atomic E-state index is 4.50. The summed E-state index contributed by atoms with van der Waals surface area (Å²) in [6.07, 6.45) is 9.16. The molecule has 21 heavy (non-hydrogen) atoms. The molecule has 1 N–H and O–H groups in total. The van der Waals surface area contributed by atoms with Gasteiger partial charge in [-0.25, -0.2) is 0 Å². The van der Waals surface area contributed by atoms with E-state index in [0.717, 1.165) is 24.1 Å². The van der Waals surface area contributed by atoms with Gasteiger partial charge in [-0.1, -0.05) is 33.1 Å². The second-order valence-corrected chi connectivity index (χ2v) is 7.08. The maximum absolute atomic E-state index is 4.50. The van der Waals surface area contributed by atoms with Crippen molar-refractivity contribution in [1.82, 2.24) is 10.3 Å². The Bertz CT molecular complexity index is 458. The highest BCUT2D eigenvalue weighted by Crippen LogP contribution is 2.37. The largest absolute Gasteiger partial charge is 0.371 e. The zero-order chi connectivity index (χ0) is 14.7. The first-order valence-corrected chi connectivity index (χ1v) is 8.65. The van der Waals surface area contributed by atoms with E-state index in [1.54, 1.807) is 0 Å². The summed E-state index contributed by atoms with van der Waals surface area (Å²) in [5, 5.41) is 3.46. The average Bonchev–Trinajstić information content (AvgIpc) is 2.53. The van der Waals surface area contributed by atoms with Gasteiger partial charge in [0.05, 0.1) is 5.69 Å². The highest BCUT2D eigenvalue weighted by molar-refractivity contribution is 5.47. The summed E-state index contributed by atoms with van der Waals surface area (Å²) in [6, 6.07) is 4.97. The third-order valence-electron chi connectivity index (χ3n) is 5.15. The number of rotatable bonds is 4. The van der Waals surface area contributed by atoms with Crippen LogP contribution in [0.15, 0.2) is 18.3 Å². The number of hydrogen-bond donors (Lipinski definition) is 1. The molecule has 2 fully saturated rings. The smallest absolute Gasteiger partial charge is 0.0562 e. The van der Waals surface area contributed by atoms with E-state index in [1.807, 2.05) is 6.20 Å². The molecule has 3 rings (SSSR count). The van der Waals surface area contributed by atoms with Crippen LogP contribution in [0.5, 0.6) is 0 Å². The Morgan fingerprint density at radius 2 is 2.05 bits per heavy atom. The molecule has 2 unspecified atom stereocenters. The quantitative estimate of drug-likeness (QED) is 0.917. The third kappa shape index (κ3) is 3.76. The van der Waals surface area contributed by atoms with Crippen molar-refractivity contribution in [3.63, 3.8) is 0 Å². The molecule has 1 aromatic rings. The lowest BCUT2D eigenvalue weighted by atomic mass is 9.75. The van der Waals surface area contributed by atoms with E-state index in [1.165, 1.54) is 50.9 Å². The Hall–Kier alpha value is -1.09. The molecule has 0 spiro atoms. The lowest BCUT2D eigenvalue weighted by Gasteiger charge is -2.42. The Morgan fingerprint density at radius 1 is 1.24 bits per heavy atom. The Balaban J connectivity index is 1.64. The molecular weight excluding hydrogens is 258 g/mol. The summed E-state index contributed by atoms with van der Waals surface area (Å²) in [6.45, 7) is 7.70. The van der Waals surface area contributed by atoms with Crippen molar-refractivity contribution in [1.29, 1.82) is 0 Å². The molecule has 0 amide bonds. The molecule has 1 aromatic heterocycles. The summed E-state index contributed by atoms with van der Waals surface area (Å²) in [7, 11) is 0. The van der Waals surface area contributed by atoms with Crippen LogP contribution in [0.3, 0.4) is 0 Å². The first-order chi connectivity index (χ1) is 10.2. The van der Waals surface area contributed by atoms with Gasteiger partial charge in [0.15, 0.2) is 0 Å². The number of nitrogens with one attached hydrogen (secondary N) is 1. The molecule has 0 radical (unpaired) electrons. The average molecular weight is 287 g/mol. The molecule has 2 atom stereocenters. The fraction of sp³-hybridized carbons (Fsp3) is 0.722. The number of nitrogens with zero attached hydrogens (tertiary/aromatic N) is 2. The molecule has 116 valence electrons. The van der Waals surface area contributed by atoms with E-state index in [9.17, 15) is 0 Å². The second kappa shape index (κ2) is 6.78. The number of pyridine rings is 1. The predicted molar refractivity (Wildman–Crippen MR) is 88.5 cm³/mol. The normalized spacial score (nSPS) is 26.0. The van der Waals surface area contributed by atoms with Gasteiger partial charge in [-0.2, -0.15) is 0 Å². The fourth-order valence-corrected chi connectivity index (χ4v) is 3.90. The van der Waals surface area contributed by atoms with Gasteiger partial charge in [-0.3, -0.25) is 4.98 Å². The molecule has 1 aliphatic carbocycles. The van der Waals surface area contributed by atoms with Gasteiger partial charge in [0.25, 0.3) is 0 Å². The predicted octanol–water partition coefficient (Wildman–Crippen LogP) is 3.60. The first kappa shape index (κ1) is 14.8. The van der Waals surface area contributed by atoms with Crippen molar-refractivity contribution >= 4 is 5.69 Å². The zero-order valence-electron chi connectivity index (χ0n) is 13.5. The highest BCUT2D eigenvalue weighted by Gasteiger charge is 2.31. The Morgan fingerprint density at radius 3 is 2.86 bits per heavy atom. The van der Waals surface area contributed by atoms with Gasteiger partial charge >= 0.3 is 0 Å². The summed E-state index contributed by atoms with van der Waals surface area (Å²) >= 11 is 0. The van der Waals surface area contributed by atoms with Crippen LogP contribution in [0, 0.1) is 11.8 Å². The van der Waals surface area contributed by atoms with Gasteiger partial charge in [-0.05, 0) is 36.8 Å². The maximum Gasteiger partial charge on any atom is 0.0562 e. The van der Waals surface area contributed by atoms with Crippen LogP contribution in [0.1, 0.15) is 51.6 Å². The first-order valence-electron chi connectivity index (χ1n) is 8.65.